The third-order valence-corrected chi connectivity index (χ3v) is 1.72. The molecule has 54 valence electrons. The van der Waals surface area contributed by atoms with E-state index in [0.29, 0.717) is 0 Å². The molecule has 0 aromatic heterocycles. The van der Waals surface area contributed by atoms with Gasteiger partial charge >= 0.3 is 0 Å². The van der Waals surface area contributed by atoms with Crippen LogP contribution in [-0.2, 0) is 0 Å². The van der Waals surface area contributed by atoms with Crippen LogP contribution in [0.4, 0.5) is 0 Å². The van der Waals surface area contributed by atoms with Crippen LogP contribution in [-0.4, -0.2) is 0 Å². The van der Waals surface area contributed by atoms with Gasteiger partial charge in [0.05, 0.1) is 0 Å². The Morgan fingerprint density at radius 2 is 1.44 bits per heavy atom. The van der Waals surface area contributed by atoms with Gasteiger partial charge in [-0.1, -0.05) is 52.9 Å². The van der Waals surface area contributed by atoms with E-state index in [1.54, 1.807) is 6.92 Å². The molecule has 1 saturated carbocycles. The second-order valence-corrected chi connectivity index (χ2v) is 2.50. The molecular weight excluding hydrogens is 108 g/mol. The summed E-state index contributed by atoms with van der Waals surface area (Å²) in [5, 5.41) is 0. The highest BCUT2D eigenvalue weighted by Gasteiger charge is 2.06. The van der Waals surface area contributed by atoms with Crippen molar-refractivity contribution in [2.24, 2.45) is 5.92 Å². The molecule has 0 heterocycles. The second kappa shape index (κ2) is 6.12. The molecule has 2 radical (unpaired) electrons. The van der Waals surface area contributed by atoms with Gasteiger partial charge in [0, 0.05) is 0 Å². The lowest BCUT2D eigenvalue weighted by molar-refractivity contribution is 0.417. The van der Waals surface area contributed by atoms with Crippen LogP contribution in [0.1, 0.15) is 39.0 Å². The highest BCUT2D eigenvalue weighted by Crippen LogP contribution is 2.21. The molecule has 0 aliphatic heterocycles. The summed E-state index contributed by atoms with van der Waals surface area (Å²) in [6, 6.07) is 0. The molecule has 0 amide bonds. The Morgan fingerprint density at radius 3 is 1.67 bits per heavy atom. The zero-order chi connectivity index (χ0) is 7.11. The number of hydrogen-bond acceptors (Lipinski definition) is 0. The van der Waals surface area contributed by atoms with Crippen LogP contribution in [0.2, 0.25) is 0 Å². The minimum absolute atomic E-state index is 0.786. The first-order chi connectivity index (χ1) is 4.39. The van der Waals surface area contributed by atoms with Crippen molar-refractivity contribution in [3.63, 3.8) is 0 Å². The Balaban J connectivity index is 0.000000291. The van der Waals surface area contributed by atoms with Crippen LogP contribution < -0.4 is 0 Å². The lowest BCUT2D eigenvalue weighted by Crippen LogP contribution is -2.00. The SMILES string of the molecule is [CH2]C.[CH2]C1CCCCC1. The van der Waals surface area contributed by atoms with Crippen LogP contribution in [0.3, 0.4) is 0 Å². The summed E-state index contributed by atoms with van der Waals surface area (Å²) in [5.41, 5.74) is 0. The fourth-order valence-electron chi connectivity index (χ4n) is 1.19. The van der Waals surface area contributed by atoms with Crippen LogP contribution >= 0.6 is 0 Å². The van der Waals surface area contributed by atoms with E-state index >= 15 is 0 Å². The maximum atomic E-state index is 4.00. The Morgan fingerprint density at radius 1 is 1.00 bits per heavy atom. The van der Waals surface area contributed by atoms with E-state index in [4.69, 9.17) is 0 Å². The van der Waals surface area contributed by atoms with Gasteiger partial charge in [0.2, 0.25) is 0 Å². The normalized spacial score (nSPS) is 20.3. The molecule has 0 aromatic carbocycles. The fraction of sp³-hybridized carbons (Fsp3) is 0.778. The van der Waals surface area contributed by atoms with Gasteiger partial charge in [-0.3, -0.25) is 0 Å². The predicted molar refractivity (Wildman–Crippen MR) is 43.0 cm³/mol. The maximum Gasteiger partial charge on any atom is -0.0414 e. The van der Waals surface area contributed by atoms with Gasteiger partial charge in [-0.25, -0.2) is 0 Å². The van der Waals surface area contributed by atoms with Gasteiger partial charge < -0.3 is 0 Å². The molecule has 0 unspecified atom stereocenters. The summed E-state index contributed by atoms with van der Waals surface area (Å²) >= 11 is 0. The molecule has 0 nitrogen and oxygen atoms in total. The zero-order valence-corrected chi connectivity index (χ0v) is 6.53. The third-order valence-electron chi connectivity index (χ3n) is 1.72. The van der Waals surface area contributed by atoms with Gasteiger partial charge in [0.1, 0.15) is 0 Å². The molecule has 1 aliphatic carbocycles. The smallest absolute Gasteiger partial charge is 0.0414 e. The summed E-state index contributed by atoms with van der Waals surface area (Å²) in [5.74, 6) is 0.786. The monoisotopic (exact) mass is 126 g/mol. The molecular formula is C9H18. The van der Waals surface area contributed by atoms with Crippen molar-refractivity contribution < 1.29 is 0 Å². The lowest BCUT2D eigenvalue weighted by atomic mass is 9.91. The Hall–Kier alpha value is 0. The van der Waals surface area contributed by atoms with Crippen molar-refractivity contribution in [2.75, 3.05) is 0 Å². The van der Waals surface area contributed by atoms with Crippen LogP contribution in [0.25, 0.3) is 0 Å². The first-order valence-electron chi connectivity index (χ1n) is 3.93. The van der Waals surface area contributed by atoms with Crippen molar-refractivity contribution >= 4 is 0 Å². The maximum absolute atomic E-state index is 4.00. The van der Waals surface area contributed by atoms with Gasteiger partial charge in [-0.15, -0.1) is 0 Å². The summed E-state index contributed by atoms with van der Waals surface area (Å²) in [7, 11) is 0. The van der Waals surface area contributed by atoms with Crippen molar-refractivity contribution in [3.8, 4) is 0 Å². The molecule has 0 spiro atoms. The quantitative estimate of drug-likeness (QED) is 0.467. The van der Waals surface area contributed by atoms with E-state index in [1.165, 1.54) is 32.1 Å². The Kier molecular flexibility index (Phi) is 6.12. The van der Waals surface area contributed by atoms with Crippen molar-refractivity contribution in [2.45, 2.75) is 39.0 Å². The van der Waals surface area contributed by atoms with Crippen molar-refractivity contribution in [3.05, 3.63) is 13.8 Å². The third kappa shape index (κ3) is 4.50. The first kappa shape index (κ1) is 9.00. The predicted octanol–water partition coefficient (Wildman–Crippen LogP) is 3.24. The highest BCUT2D eigenvalue weighted by atomic mass is 14.1. The zero-order valence-electron chi connectivity index (χ0n) is 6.53. The minimum Gasteiger partial charge on any atom is -0.0654 e. The van der Waals surface area contributed by atoms with Crippen LogP contribution in [0.15, 0.2) is 0 Å². The fourth-order valence-corrected chi connectivity index (χ4v) is 1.19. The first-order valence-corrected chi connectivity index (χ1v) is 3.93. The van der Waals surface area contributed by atoms with Gasteiger partial charge in [0.25, 0.3) is 0 Å². The van der Waals surface area contributed by atoms with Crippen LogP contribution in [0, 0.1) is 19.8 Å². The standard InChI is InChI=1S/C7H13.C2H5/c1-7-5-3-2-4-6-7;1-2/h7H,1-6H2;1H2,2H3. The van der Waals surface area contributed by atoms with E-state index < -0.39 is 0 Å². The molecule has 0 bridgehead atoms. The molecule has 0 heteroatoms. The number of rotatable bonds is 0. The Bertz CT molecular complexity index is 42.0. The van der Waals surface area contributed by atoms with Gasteiger partial charge in [0.15, 0.2) is 0 Å². The average molecular weight is 126 g/mol. The largest absolute Gasteiger partial charge is 0.0654 e. The highest BCUT2D eigenvalue weighted by molar-refractivity contribution is 4.65. The summed E-state index contributed by atoms with van der Waals surface area (Å²) in [4.78, 5) is 0. The molecule has 1 aliphatic rings. The molecule has 0 atom stereocenters. The summed E-state index contributed by atoms with van der Waals surface area (Å²) in [6.07, 6.45) is 7.05. The van der Waals surface area contributed by atoms with E-state index in [2.05, 4.69) is 13.8 Å². The van der Waals surface area contributed by atoms with Gasteiger partial charge in [-0.2, -0.15) is 0 Å². The van der Waals surface area contributed by atoms with Crippen molar-refractivity contribution in [1.82, 2.24) is 0 Å². The molecule has 1 rings (SSSR count). The van der Waals surface area contributed by atoms with E-state index in [-0.39, 0.29) is 0 Å². The van der Waals surface area contributed by atoms with Crippen LogP contribution in [0.5, 0.6) is 0 Å². The molecule has 0 N–H and O–H groups in total. The van der Waals surface area contributed by atoms with Gasteiger partial charge in [-0.05, 0) is 5.92 Å². The van der Waals surface area contributed by atoms with Crippen molar-refractivity contribution in [1.29, 1.82) is 0 Å². The Labute approximate surface area is 59.7 Å². The number of hydrogen-bond donors (Lipinski definition) is 0. The second-order valence-electron chi connectivity index (χ2n) is 2.50. The summed E-state index contributed by atoms with van der Waals surface area (Å²) in [6.45, 7) is 9.00. The summed E-state index contributed by atoms with van der Waals surface area (Å²) < 4.78 is 0. The molecule has 9 heavy (non-hydrogen) atoms. The van der Waals surface area contributed by atoms with E-state index in [0.717, 1.165) is 5.92 Å². The molecule has 0 saturated heterocycles. The van der Waals surface area contributed by atoms with E-state index in [9.17, 15) is 0 Å². The van der Waals surface area contributed by atoms with E-state index in [1.807, 2.05) is 0 Å². The molecule has 0 aromatic rings. The topological polar surface area (TPSA) is 0 Å². The lowest BCUT2D eigenvalue weighted by Gasteiger charge is -2.15. The minimum atomic E-state index is 0.786. The average Bonchev–Trinajstić information content (AvgIpc) is 1.94. The molecule has 1 fully saturated rings.